The van der Waals surface area contributed by atoms with E-state index < -0.39 is 0 Å². The lowest BCUT2D eigenvalue weighted by molar-refractivity contribution is 0.513. The van der Waals surface area contributed by atoms with E-state index in [0.29, 0.717) is 27.2 Å². The molecule has 0 bridgehead atoms. The topological polar surface area (TPSA) is 36.4 Å². The van der Waals surface area contributed by atoms with Crippen molar-refractivity contribution >= 4 is 45.7 Å². The number of hydrogen-bond donors (Lipinski definition) is 1. The Kier molecular flexibility index (Phi) is 4.75. The van der Waals surface area contributed by atoms with Gasteiger partial charge < -0.3 is 10.0 Å². The van der Waals surface area contributed by atoms with Crippen LogP contribution in [-0.2, 0) is 0 Å². The van der Waals surface area contributed by atoms with Gasteiger partial charge in [0, 0.05) is 28.6 Å². The van der Waals surface area contributed by atoms with E-state index in [-0.39, 0.29) is 5.76 Å². The van der Waals surface area contributed by atoms with Crippen LogP contribution in [0.15, 0.2) is 49.0 Å². The Balaban J connectivity index is 2.16. The minimum absolute atomic E-state index is 0.00606. The molecule has 4 rings (SSSR count). The first-order valence-electron chi connectivity index (χ1n) is 9.00. The maximum atomic E-state index is 10.6. The first-order valence-corrected chi connectivity index (χ1v) is 9.76. The number of aliphatic hydroxyl groups excluding tert-OH is 1. The molecule has 1 aromatic heterocycles. The number of fused-ring (bicyclic) bond motifs is 1. The van der Waals surface area contributed by atoms with Crippen molar-refractivity contribution in [2.24, 2.45) is 0 Å². The highest BCUT2D eigenvalue weighted by Gasteiger charge is 2.28. The van der Waals surface area contributed by atoms with E-state index in [0.717, 1.165) is 41.7 Å². The van der Waals surface area contributed by atoms with Crippen molar-refractivity contribution in [3.63, 3.8) is 0 Å². The minimum Gasteiger partial charge on any atom is -0.508 e. The maximum Gasteiger partial charge on any atom is 0.141 e. The van der Waals surface area contributed by atoms with Gasteiger partial charge in [-0.3, -0.25) is 0 Å². The van der Waals surface area contributed by atoms with E-state index in [1.54, 1.807) is 6.07 Å². The summed E-state index contributed by atoms with van der Waals surface area (Å²) in [5.41, 5.74) is 3.13. The number of nitrogens with zero attached hydrogens (tertiary/aromatic N) is 2. The van der Waals surface area contributed by atoms with Crippen LogP contribution < -0.4 is 4.90 Å². The second kappa shape index (κ2) is 7.06. The highest BCUT2D eigenvalue weighted by Crippen LogP contribution is 2.43. The summed E-state index contributed by atoms with van der Waals surface area (Å²) in [4.78, 5) is 7.10. The lowest BCUT2D eigenvalue weighted by Gasteiger charge is -2.27. The third-order valence-electron chi connectivity index (χ3n) is 5.16. The van der Waals surface area contributed by atoms with E-state index in [4.69, 9.17) is 28.2 Å². The van der Waals surface area contributed by atoms with Gasteiger partial charge >= 0.3 is 0 Å². The van der Waals surface area contributed by atoms with Gasteiger partial charge in [-0.25, -0.2) is 4.98 Å². The smallest absolute Gasteiger partial charge is 0.141 e. The number of aliphatic hydroxyl groups is 1. The van der Waals surface area contributed by atoms with Gasteiger partial charge in [-0.2, -0.15) is 0 Å². The number of hydrogen-bond acceptors (Lipinski definition) is 3. The third-order valence-corrected chi connectivity index (χ3v) is 5.67. The fourth-order valence-corrected chi connectivity index (χ4v) is 4.45. The van der Waals surface area contributed by atoms with Crippen molar-refractivity contribution in [3.05, 3.63) is 64.7 Å². The van der Waals surface area contributed by atoms with Crippen LogP contribution >= 0.6 is 23.2 Å². The fraction of sp³-hybridized carbons (Fsp3) is 0.227. The summed E-state index contributed by atoms with van der Waals surface area (Å²) in [5, 5.41) is 12.4. The molecule has 1 aliphatic heterocycles. The number of halogens is 2. The van der Waals surface area contributed by atoms with Crippen LogP contribution in [0.2, 0.25) is 10.0 Å². The predicted octanol–water partition coefficient (Wildman–Crippen LogP) is 6.73. The minimum atomic E-state index is -0.00606. The second-order valence-corrected chi connectivity index (χ2v) is 7.81. The lowest BCUT2D eigenvalue weighted by atomic mass is 9.94. The van der Waals surface area contributed by atoms with Crippen LogP contribution in [0, 0.1) is 0 Å². The standard InChI is InChI=1S/C22H20Cl2N2O/c1-13-7-6-10-26(13)22-19(14(2)27)20(15-8-4-3-5-9-15)17-11-16(23)12-18(24)21(17)25-22/h3-5,8-9,11-13,27H,2,6-7,10H2,1H3. The number of benzene rings is 2. The third kappa shape index (κ3) is 3.15. The van der Waals surface area contributed by atoms with Gasteiger partial charge in [0.2, 0.25) is 0 Å². The molecule has 1 unspecified atom stereocenters. The predicted molar refractivity (Wildman–Crippen MR) is 115 cm³/mol. The maximum absolute atomic E-state index is 10.6. The van der Waals surface area contributed by atoms with Crippen LogP contribution in [0.5, 0.6) is 0 Å². The molecule has 3 nitrogen and oxygen atoms in total. The summed E-state index contributed by atoms with van der Waals surface area (Å²) in [6.45, 7) is 6.91. The number of pyridine rings is 1. The van der Waals surface area contributed by atoms with E-state index >= 15 is 0 Å². The zero-order chi connectivity index (χ0) is 19.1. The molecule has 0 saturated carbocycles. The zero-order valence-corrected chi connectivity index (χ0v) is 16.6. The highest BCUT2D eigenvalue weighted by atomic mass is 35.5. The monoisotopic (exact) mass is 398 g/mol. The molecule has 27 heavy (non-hydrogen) atoms. The van der Waals surface area contributed by atoms with Crippen molar-refractivity contribution in [1.82, 2.24) is 4.98 Å². The van der Waals surface area contributed by atoms with Crippen LogP contribution in [0.3, 0.4) is 0 Å². The molecular formula is C22H20Cl2N2O. The lowest BCUT2D eigenvalue weighted by Crippen LogP contribution is -2.28. The second-order valence-electron chi connectivity index (χ2n) is 6.97. The van der Waals surface area contributed by atoms with Crippen LogP contribution in [0.4, 0.5) is 5.82 Å². The molecule has 1 aliphatic rings. The Morgan fingerprint density at radius 1 is 1.22 bits per heavy atom. The summed E-state index contributed by atoms with van der Waals surface area (Å²) in [6.07, 6.45) is 2.18. The van der Waals surface area contributed by atoms with Crippen molar-refractivity contribution < 1.29 is 5.11 Å². The van der Waals surface area contributed by atoms with Gasteiger partial charge in [0.25, 0.3) is 0 Å². The van der Waals surface area contributed by atoms with Crippen molar-refractivity contribution in [3.8, 4) is 11.1 Å². The van der Waals surface area contributed by atoms with E-state index in [9.17, 15) is 5.11 Å². The van der Waals surface area contributed by atoms with Gasteiger partial charge in [0.05, 0.1) is 16.1 Å². The molecule has 0 aliphatic carbocycles. The summed E-state index contributed by atoms with van der Waals surface area (Å²) < 4.78 is 0. The highest BCUT2D eigenvalue weighted by molar-refractivity contribution is 6.39. The van der Waals surface area contributed by atoms with Crippen molar-refractivity contribution in [2.45, 2.75) is 25.8 Å². The normalized spacial score (nSPS) is 16.9. The Hall–Kier alpha value is -2.23. The molecule has 138 valence electrons. The van der Waals surface area contributed by atoms with Crippen LogP contribution in [0.25, 0.3) is 27.8 Å². The summed E-state index contributed by atoms with van der Waals surface area (Å²) in [6, 6.07) is 13.8. The van der Waals surface area contributed by atoms with Crippen molar-refractivity contribution in [2.75, 3.05) is 11.4 Å². The average Bonchev–Trinajstić information content (AvgIpc) is 3.06. The number of aromatic nitrogens is 1. The SMILES string of the molecule is C=C(O)c1c(N2CCCC2C)nc2c(Cl)cc(Cl)cc2c1-c1ccccc1. The molecule has 0 radical (unpaired) electrons. The molecule has 5 heteroatoms. The van der Waals surface area contributed by atoms with Gasteiger partial charge in [0.15, 0.2) is 0 Å². The Labute approximate surface area is 168 Å². The molecule has 1 saturated heterocycles. The van der Waals surface area contributed by atoms with Crippen LogP contribution in [-0.4, -0.2) is 22.7 Å². The molecular weight excluding hydrogens is 379 g/mol. The van der Waals surface area contributed by atoms with Gasteiger partial charge in [-0.1, -0.05) is 60.1 Å². The molecule has 1 N–H and O–H groups in total. The summed E-state index contributed by atoms with van der Waals surface area (Å²) >= 11 is 12.8. The van der Waals surface area contributed by atoms with E-state index in [1.807, 2.05) is 36.4 Å². The van der Waals surface area contributed by atoms with Crippen LogP contribution in [0.1, 0.15) is 25.3 Å². The van der Waals surface area contributed by atoms with Gasteiger partial charge in [0.1, 0.15) is 11.6 Å². The summed E-state index contributed by atoms with van der Waals surface area (Å²) in [7, 11) is 0. The molecule has 0 spiro atoms. The molecule has 2 aromatic carbocycles. The average molecular weight is 399 g/mol. The summed E-state index contributed by atoms with van der Waals surface area (Å²) in [5.74, 6) is 0.719. The Morgan fingerprint density at radius 3 is 2.59 bits per heavy atom. The zero-order valence-electron chi connectivity index (χ0n) is 15.0. The Bertz CT molecular complexity index is 1030. The largest absolute Gasteiger partial charge is 0.508 e. The quantitative estimate of drug-likeness (QED) is 0.497. The van der Waals surface area contributed by atoms with E-state index in [1.165, 1.54) is 0 Å². The number of rotatable bonds is 3. The molecule has 0 amide bonds. The molecule has 2 heterocycles. The fourth-order valence-electron chi connectivity index (χ4n) is 3.91. The first-order chi connectivity index (χ1) is 13.0. The molecule has 1 atom stereocenters. The first kappa shape index (κ1) is 18.1. The van der Waals surface area contributed by atoms with Gasteiger partial charge in [-0.05, 0) is 37.5 Å². The van der Waals surface area contributed by atoms with E-state index in [2.05, 4.69) is 18.4 Å². The van der Waals surface area contributed by atoms with Crippen molar-refractivity contribution in [1.29, 1.82) is 0 Å². The Morgan fingerprint density at radius 2 is 1.96 bits per heavy atom. The molecule has 1 fully saturated rings. The van der Waals surface area contributed by atoms with Gasteiger partial charge in [-0.15, -0.1) is 0 Å². The molecule has 3 aromatic rings. The number of anilines is 1.